The van der Waals surface area contributed by atoms with Gasteiger partial charge in [0.25, 0.3) is 0 Å². The van der Waals surface area contributed by atoms with E-state index in [1.54, 1.807) is 11.3 Å². The second kappa shape index (κ2) is 5.50. The molecule has 1 aliphatic rings. The summed E-state index contributed by atoms with van der Waals surface area (Å²) in [4.78, 5) is 1.31. The van der Waals surface area contributed by atoms with Gasteiger partial charge < -0.3 is 11.1 Å². The molecule has 0 unspecified atom stereocenters. The van der Waals surface area contributed by atoms with Crippen molar-refractivity contribution in [3.63, 3.8) is 0 Å². The smallest absolute Gasteiger partial charge is 0.0931 e. The van der Waals surface area contributed by atoms with E-state index >= 15 is 0 Å². The van der Waals surface area contributed by atoms with Gasteiger partial charge >= 0.3 is 0 Å². The van der Waals surface area contributed by atoms with Gasteiger partial charge in [0.2, 0.25) is 0 Å². The molecule has 16 heavy (non-hydrogen) atoms. The third kappa shape index (κ3) is 2.98. The Balaban J connectivity index is 1.65. The van der Waals surface area contributed by atoms with Crippen molar-refractivity contribution in [2.45, 2.75) is 32.2 Å². The SMILES string of the molecule is NCC1(CCNCc2ccc(Cl)s2)CCC1. The van der Waals surface area contributed by atoms with Gasteiger partial charge in [0.1, 0.15) is 0 Å². The lowest BCUT2D eigenvalue weighted by molar-refractivity contribution is 0.130. The molecule has 0 atom stereocenters. The van der Waals surface area contributed by atoms with Crippen LogP contribution >= 0.6 is 22.9 Å². The molecule has 0 radical (unpaired) electrons. The molecule has 0 spiro atoms. The highest BCUT2D eigenvalue weighted by molar-refractivity contribution is 7.16. The highest BCUT2D eigenvalue weighted by Gasteiger charge is 2.34. The highest BCUT2D eigenvalue weighted by atomic mass is 35.5. The van der Waals surface area contributed by atoms with Gasteiger partial charge in [-0.15, -0.1) is 11.3 Å². The van der Waals surface area contributed by atoms with E-state index in [-0.39, 0.29) is 0 Å². The van der Waals surface area contributed by atoms with E-state index in [4.69, 9.17) is 17.3 Å². The molecule has 0 aromatic carbocycles. The van der Waals surface area contributed by atoms with Gasteiger partial charge in [0.05, 0.1) is 4.34 Å². The third-order valence-electron chi connectivity index (χ3n) is 3.61. The molecule has 90 valence electrons. The summed E-state index contributed by atoms with van der Waals surface area (Å²) in [5.74, 6) is 0. The van der Waals surface area contributed by atoms with E-state index in [0.29, 0.717) is 5.41 Å². The highest BCUT2D eigenvalue weighted by Crippen LogP contribution is 2.42. The minimum Gasteiger partial charge on any atom is -0.330 e. The first kappa shape index (κ1) is 12.4. The maximum absolute atomic E-state index is 5.87. The molecule has 1 heterocycles. The van der Waals surface area contributed by atoms with Crippen molar-refractivity contribution < 1.29 is 0 Å². The first-order valence-electron chi connectivity index (χ1n) is 5.89. The number of nitrogens with two attached hydrogens (primary N) is 1. The summed E-state index contributed by atoms with van der Waals surface area (Å²) in [6, 6.07) is 4.04. The molecule has 2 nitrogen and oxygen atoms in total. The Morgan fingerprint density at radius 3 is 2.75 bits per heavy atom. The first-order valence-corrected chi connectivity index (χ1v) is 7.09. The Morgan fingerprint density at radius 1 is 1.44 bits per heavy atom. The molecular weight excluding hydrogens is 240 g/mol. The predicted octanol–water partition coefficient (Wildman–Crippen LogP) is 3.01. The molecule has 4 heteroatoms. The number of hydrogen-bond donors (Lipinski definition) is 2. The summed E-state index contributed by atoms with van der Waals surface area (Å²) in [6.45, 7) is 2.84. The zero-order valence-electron chi connectivity index (χ0n) is 9.47. The van der Waals surface area contributed by atoms with Crippen molar-refractivity contribution >= 4 is 22.9 Å². The van der Waals surface area contributed by atoms with Crippen LogP contribution in [0.4, 0.5) is 0 Å². The second-order valence-electron chi connectivity index (χ2n) is 4.69. The minimum absolute atomic E-state index is 0.458. The van der Waals surface area contributed by atoms with Gasteiger partial charge in [-0.2, -0.15) is 0 Å². The molecule has 0 bridgehead atoms. The largest absolute Gasteiger partial charge is 0.330 e. The Labute approximate surface area is 106 Å². The molecule has 2 rings (SSSR count). The molecule has 1 aromatic heterocycles. The summed E-state index contributed by atoms with van der Waals surface area (Å²) in [6.07, 6.45) is 5.20. The fourth-order valence-corrected chi connectivity index (χ4v) is 3.30. The Hall–Kier alpha value is -0.0900. The van der Waals surface area contributed by atoms with Crippen LogP contribution in [0.15, 0.2) is 12.1 Å². The van der Waals surface area contributed by atoms with Crippen LogP contribution in [0.3, 0.4) is 0 Å². The van der Waals surface area contributed by atoms with Crippen molar-refractivity contribution in [1.82, 2.24) is 5.32 Å². The minimum atomic E-state index is 0.458. The maximum Gasteiger partial charge on any atom is 0.0931 e. The quantitative estimate of drug-likeness (QED) is 0.770. The van der Waals surface area contributed by atoms with Crippen LogP contribution in [0.1, 0.15) is 30.6 Å². The number of halogens is 1. The third-order valence-corrected chi connectivity index (χ3v) is 4.84. The van der Waals surface area contributed by atoms with Crippen LogP contribution in [-0.2, 0) is 6.54 Å². The molecule has 1 fully saturated rings. The zero-order chi connectivity index (χ0) is 11.4. The Bertz CT molecular complexity index is 328. The first-order chi connectivity index (χ1) is 7.74. The van der Waals surface area contributed by atoms with Crippen molar-refractivity contribution in [1.29, 1.82) is 0 Å². The molecule has 1 saturated carbocycles. The maximum atomic E-state index is 5.87. The van der Waals surface area contributed by atoms with E-state index in [9.17, 15) is 0 Å². The zero-order valence-corrected chi connectivity index (χ0v) is 11.0. The van der Waals surface area contributed by atoms with Crippen LogP contribution < -0.4 is 11.1 Å². The summed E-state index contributed by atoms with van der Waals surface area (Å²) < 4.78 is 0.870. The van der Waals surface area contributed by atoms with Gasteiger partial charge in [-0.25, -0.2) is 0 Å². The molecular formula is C12H19ClN2S. The normalized spacial score (nSPS) is 18.4. The van der Waals surface area contributed by atoms with Crippen molar-refractivity contribution in [3.05, 3.63) is 21.3 Å². The van der Waals surface area contributed by atoms with E-state index in [2.05, 4.69) is 11.4 Å². The van der Waals surface area contributed by atoms with Gasteiger partial charge in [-0.05, 0) is 49.9 Å². The monoisotopic (exact) mass is 258 g/mol. The van der Waals surface area contributed by atoms with Gasteiger partial charge in [-0.3, -0.25) is 0 Å². The van der Waals surface area contributed by atoms with Crippen LogP contribution in [0.2, 0.25) is 4.34 Å². The van der Waals surface area contributed by atoms with Gasteiger partial charge in [0, 0.05) is 11.4 Å². The number of thiophene rings is 1. The van der Waals surface area contributed by atoms with Crippen molar-refractivity contribution in [2.75, 3.05) is 13.1 Å². The molecule has 0 amide bonds. The van der Waals surface area contributed by atoms with Crippen molar-refractivity contribution in [2.24, 2.45) is 11.1 Å². The Kier molecular flexibility index (Phi) is 4.25. The van der Waals surface area contributed by atoms with Crippen molar-refractivity contribution in [3.8, 4) is 0 Å². The fraction of sp³-hybridized carbons (Fsp3) is 0.667. The molecule has 0 aliphatic heterocycles. The average molecular weight is 259 g/mol. The lowest BCUT2D eigenvalue weighted by atomic mass is 9.67. The lowest BCUT2D eigenvalue weighted by Crippen LogP contribution is -2.39. The lowest BCUT2D eigenvalue weighted by Gasteiger charge is -2.41. The van der Waals surface area contributed by atoms with E-state index in [1.807, 2.05) is 6.07 Å². The average Bonchev–Trinajstić information content (AvgIpc) is 2.62. The predicted molar refractivity (Wildman–Crippen MR) is 71.0 cm³/mol. The number of hydrogen-bond acceptors (Lipinski definition) is 3. The summed E-state index contributed by atoms with van der Waals surface area (Å²) in [7, 11) is 0. The fourth-order valence-electron chi connectivity index (χ4n) is 2.24. The topological polar surface area (TPSA) is 38.0 Å². The van der Waals surface area contributed by atoms with Crippen LogP contribution in [0, 0.1) is 5.41 Å². The number of rotatable bonds is 6. The molecule has 0 saturated heterocycles. The van der Waals surface area contributed by atoms with Crippen LogP contribution in [0.5, 0.6) is 0 Å². The van der Waals surface area contributed by atoms with Crippen LogP contribution in [-0.4, -0.2) is 13.1 Å². The van der Waals surface area contributed by atoms with Crippen LogP contribution in [0.25, 0.3) is 0 Å². The van der Waals surface area contributed by atoms with E-state index in [0.717, 1.165) is 24.0 Å². The summed E-state index contributed by atoms with van der Waals surface area (Å²) in [5.41, 5.74) is 6.28. The van der Waals surface area contributed by atoms with Gasteiger partial charge in [0.15, 0.2) is 0 Å². The Morgan fingerprint density at radius 2 is 2.25 bits per heavy atom. The number of nitrogens with one attached hydrogen (secondary N) is 1. The summed E-state index contributed by atoms with van der Waals surface area (Å²) >= 11 is 7.52. The standard InChI is InChI=1S/C12H19ClN2S/c13-11-3-2-10(16-11)8-15-7-6-12(9-14)4-1-5-12/h2-3,15H,1,4-9,14H2. The molecule has 1 aliphatic carbocycles. The summed E-state index contributed by atoms with van der Waals surface area (Å²) in [5, 5.41) is 3.47. The van der Waals surface area contributed by atoms with E-state index in [1.165, 1.54) is 30.6 Å². The van der Waals surface area contributed by atoms with E-state index < -0.39 is 0 Å². The molecule has 3 N–H and O–H groups in total. The second-order valence-corrected chi connectivity index (χ2v) is 6.49. The van der Waals surface area contributed by atoms with Gasteiger partial charge in [-0.1, -0.05) is 18.0 Å². The molecule has 1 aromatic rings.